The average molecular weight is 825 g/mol. The SMILES string of the molecule is [CH2-]CCCC1C(c2ccc(-c3ccccc3)cc2)=C([Si]c2c(-c3ccc(-c4ccccc4)cc3)[cH-]c3ccccc23)c2ccccc21.[CH3-].[CH3-].[Hf+4]. The molecule has 2 radical (unpaired) electrons. The van der Waals surface area contributed by atoms with Crippen LogP contribution in [0, 0.1) is 21.8 Å². The second-order valence-corrected chi connectivity index (χ2v) is 13.7. The Morgan fingerprint density at radius 2 is 1.04 bits per heavy atom. The van der Waals surface area contributed by atoms with Gasteiger partial charge in [0.15, 0.2) is 0 Å². The van der Waals surface area contributed by atoms with Crippen LogP contribution in [0.4, 0.5) is 0 Å². The largest absolute Gasteiger partial charge is 4.00 e. The van der Waals surface area contributed by atoms with Gasteiger partial charge in [0.25, 0.3) is 0 Å². The molecule has 0 saturated carbocycles. The smallest absolute Gasteiger partial charge is 0.358 e. The summed E-state index contributed by atoms with van der Waals surface area (Å²) >= 11 is 0. The Hall–Kier alpha value is -4.24. The molecule has 0 amide bonds. The number of benzene rings is 6. The zero-order chi connectivity index (χ0) is 31.6. The van der Waals surface area contributed by atoms with Crippen LogP contribution in [0.2, 0.25) is 0 Å². The van der Waals surface area contributed by atoms with Crippen molar-refractivity contribution in [2.75, 3.05) is 0 Å². The number of allylic oxidation sites excluding steroid dienone is 1. The van der Waals surface area contributed by atoms with Gasteiger partial charge in [0, 0.05) is 5.92 Å². The Morgan fingerprint density at radius 1 is 0.540 bits per heavy atom. The molecule has 0 N–H and O–H groups in total. The summed E-state index contributed by atoms with van der Waals surface area (Å²) in [6.45, 7) is 4.22. The molecule has 0 saturated heterocycles. The standard InChI is InChI=1S/C46H36Si.2CH3.Hf/c1-2-3-19-41-40-21-12-13-22-42(40)46(44(41)37-29-25-35(26-30-37)33-16-8-5-9-17-33)47-45-39-20-11-10-18-38(39)31-43(45)36-27-23-34(24-28-36)32-14-6-4-7-15-32;;;/h4-18,20-31,41H,1-3,19H2;2*1H3;/q-2;2*-1;+4. The molecule has 1 atom stereocenters. The van der Waals surface area contributed by atoms with E-state index in [0.29, 0.717) is 15.4 Å². The maximum atomic E-state index is 4.22. The molecule has 0 aliphatic heterocycles. The molecule has 0 fully saturated rings. The van der Waals surface area contributed by atoms with E-state index >= 15 is 0 Å². The van der Waals surface area contributed by atoms with Crippen molar-refractivity contribution in [1.82, 2.24) is 0 Å². The van der Waals surface area contributed by atoms with Crippen LogP contribution >= 0.6 is 0 Å². The molecule has 7 aromatic rings. The van der Waals surface area contributed by atoms with Crippen LogP contribution in [-0.2, 0) is 25.8 Å². The number of hydrogen-bond acceptors (Lipinski definition) is 0. The quantitative estimate of drug-likeness (QED) is 0.100. The summed E-state index contributed by atoms with van der Waals surface area (Å²) in [5.41, 5.74) is 13.3. The van der Waals surface area contributed by atoms with E-state index in [2.05, 4.69) is 171 Å². The van der Waals surface area contributed by atoms with Gasteiger partial charge >= 0.3 is 25.8 Å². The van der Waals surface area contributed by atoms with E-state index in [4.69, 9.17) is 0 Å². The van der Waals surface area contributed by atoms with Gasteiger partial charge < -0.3 is 21.8 Å². The van der Waals surface area contributed by atoms with Gasteiger partial charge in [0.05, 0.1) is 9.52 Å². The number of unbranched alkanes of at least 4 members (excludes halogenated alkanes) is 1. The van der Waals surface area contributed by atoms with Gasteiger partial charge in [0.2, 0.25) is 0 Å². The summed E-state index contributed by atoms with van der Waals surface area (Å²) in [6, 6.07) is 60.3. The van der Waals surface area contributed by atoms with Crippen molar-refractivity contribution in [2.24, 2.45) is 0 Å². The first-order valence-electron chi connectivity index (χ1n) is 16.7. The molecule has 242 valence electrons. The molecule has 1 aliphatic rings. The number of rotatable bonds is 9. The molecule has 0 heterocycles. The fraction of sp³-hybridized carbons (Fsp3) is 0.0833. The summed E-state index contributed by atoms with van der Waals surface area (Å²) in [6.07, 6.45) is 3.17. The zero-order valence-corrected chi connectivity index (χ0v) is 33.6. The fourth-order valence-corrected chi connectivity index (χ4v) is 9.07. The van der Waals surface area contributed by atoms with Crippen molar-refractivity contribution in [2.45, 2.75) is 25.2 Å². The van der Waals surface area contributed by atoms with Crippen LogP contribution in [0.5, 0.6) is 0 Å². The van der Waals surface area contributed by atoms with E-state index in [0.717, 1.165) is 19.3 Å². The van der Waals surface area contributed by atoms with E-state index in [-0.39, 0.29) is 40.7 Å². The summed E-state index contributed by atoms with van der Waals surface area (Å²) in [7, 11) is 0.529. The third kappa shape index (κ3) is 7.15. The summed E-state index contributed by atoms with van der Waals surface area (Å²) in [5, 5.41) is 5.60. The Morgan fingerprint density at radius 3 is 1.66 bits per heavy atom. The number of fused-ring (bicyclic) bond motifs is 2. The van der Waals surface area contributed by atoms with E-state index in [1.54, 1.807) is 0 Å². The maximum absolute atomic E-state index is 4.22. The van der Waals surface area contributed by atoms with Crippen LogP contribution in [0.1, 0.15) is 41.9 Å². The van der Waals surface area contributed by atoms with Crippen molar-refractivity contribution < 1.29 is 25.8 Å². The molecule has 50 heavy (non-hydrogen) atoms. The minimum absolute atomic E-state index is 0. The Kier molecular flexibility index (Phi) is 12.3. The molecule has 7 aromatic carbocycles. The van der Waals surface area contributed by atoms with Crippen molar-refractivity contribution in [3.05, 3.63) is 202 Å². The zero-order valence-electron chi connectivity index (χ0n) is 29.0. The van der Waals surface area contributed by atoms with Crippen LogP contribution in [0.25, 0.3) is 54.9 Å². The molecular weight excluding hydrogens is 783 g/mol. The third-order valence-electron chi connectivity index (χ3n) is 9.62. The minimum atomic E-state index is 0. The van der Waals surface area contributed by atoms with Crippen LogP contribution < -0.4 is 5.19 Å². The van der Waals surface area contributed by atoms with E-state index < -0.39 is 0 Å². The molecular formula is C48H42HfSi. The van der Waals surface area contributed by atoms with Crippen molar-refractivity contribution in [3.63, 3.8) is 0 Å². The number of hydrogen-bond donors (Lipinski definition) is 0. The molecule has 0 bridgehead atoms. The summed E-state index contributed by atoms with van der Waals surface area (Å²) in [5.74, 6) is 0.368. The molecule has 2 heteroatoms. The second kappa shape index (κ2) is 16.6. The molecule has 0 aromatic heterocycles. The van der Waals surface area contributed by atoms with Crippen LogP contribution in [0.15, 0.2) is 164 Å². The minimum Gasteiger partial charge on any atom is -0.358 e. The predicted octanol–water partition coefficient (Wildman–Crippen LogP) is 12.5. The van der Waals surface area contributed by atoms with Crippen LogP contribution in [0.3, 0.4) is 0 Å². The van der Waals surface area contributed by atoms with Gasteiger partial charge in [-0.3, -0.25) is 0 Å². The predicted molar refractivity (Wildman–Crippen MR) is 216 cm³/mol. The molecule has 8 rings (SSSR count). The maximum Gasteiger partial charge on any atom is 4.00 e. The Bertz CT molecular complexity index is 2170. The van der Waals surface area contributed by atoms with Gasteiger partial charge in [-0.15, -0.1) is 33.7 Å². The van der Waals surface area contributed by atoms with Crippen molar-refractivity contribution in [1.29, 1.82) is 0 Å². The van der Waals surface area contributed by atoms with Crippen LogP contribution in [-0.4, -0.2) is 9.52 Å². The topological polar surface area (TPSA) is 0 Å². The Balaban J connectivity index is 0.00000162. The average Bonchev–Trinajstić information content (AvgIpc) is 3.67. The summed E-state index contributed by atoms with van der Waals surface area (Å²) in [4.78, 5) is 0. The van der Waals surface area contributed by atoms with Gasteiger partial charge in [0.1, 0.15) is 0 Å². The molecule has 1 aliphatic carbocycles. The van der Waals surface area contributed by atoms with Gasteiger partial charge in [-0.1, -0.05) is 169 Å². The summed E-state index contributed by atoms with van der Waals surface area (Å²) < 4.78 is 0. The van der Waals surface area contributed by atoms with Crippen molar-refractivity contribution in [3.8, 4) is 33.4 Å². The first kappa shape index (κ1) is 37.0. The molecule has 0 nitrogen and oxygen atoms in total. The second-order valence-electron chi connectivity index (χ2n) is 12.5. The van der Waals surface area contributed by atoms with E-state index in [9.17, 15) is 0 Å². The third-order valence-corrected chi connectivity index (χ3v) is 11.2. The first-order chi connectivity index (χ1) is 23.3. The van der Waals surface area contributed by atoms with Gasteiger partial charge in [-0.2, -0.15) is 6.42 Å². The van der Waals surface area contributed by atoms with Crippen molar-refractivity contribution >= 4 is 36.2 Å². The first-order valence-corrected chi connectivity index (χ1v) is 17.7. The normalized spacial score (nSPS) is 13.3. The fourth-order valence-electron chi connectivity index (χ4n) is 7.29. The van der Waals surface area contributed by atoms with Gasteiger partial charge in [-0.25, -0.2) is 0 Å². The Labute approximate surface area is 320 Å². The molecule has 1 unspecified atom stereocenters. The van der Waals surface area contributed by atoms with Gasteiger partial charge in [-0.05, 0) is 50.9 Å². The van der Waals surface area contributed by atoms with E-state index in [1.807, 2.05) is 0 Å². The molecule has 0 spiro atoms. The van der Waals surface area contributed by atoms with E-state index in [1.165, 1.54) is 76.8 Å². The monoisotopic (exact) mass is 826 g/mol.